The van der Waals surface area contributed by atoms with E-state index in [4.69, 9.17) is 4.42 Å². The molecule has 1 amide bonds. The van der Waals surface area contributed by atoms with E-state index < -0.39 is 0 Å². The zero-order chi connectivity index (χ0) is 11.8. The number of nitrogens with zero attached hydrogens (tertiary/aromatic N) is 1. The SMILES string of the molecule is O=C(c1ccoc1Br)N1CC2CCCNC2C1. The third-order valence-electron chi connectivity index (χ3n) is 3.73. The Morgan fingerprint density at radius 2 is 2.41 bits per heavy atom. The van der Waals surface area contributed by atoms with E-state index in [0.29, 0.717) is 22.2 Å². The summed E-state index contributed by atoms with van der Waals surface area (Å²) in [6.45, 7) is 2.77. The van der Waals surface area contributed by atoms with E-state index in [9.17, 15) is 4.79 Å². The maximum atomic E-state index is 12.3. The van der Waals surface area contributed by atoms with Crippen LogP contribution in [0.3, 0.4) is 0 Å². The summed E-state index contributed by atoms with van der Waals surface area (Å²) >= 11 is 3.26. The van der Waals surface area contributed by atoms with Crippen molar-refractivity contribution in [2.24, 2.45) is 5.92 Å². The minimum Gasteiger partial charge on any atom is -0.457 e. The van der Waals surface area contributed by atoms with Gasteiger partial charge in [-0.2, -0.15) is 0 Å². The number of likely N-dealkylation sites (tertiary alicyclic amines) is 1. The van der Waals surface area contributed by atoms with Gasteiger partial charge in [-0.3, -0.25) is 4.79 Å². The molecule has 2 fully saturated rings. The van der Waals surface area contributed by atoms with Crippen LogP contribution in [0.2, 0.25) is 0 Å². The van der Waals surface area contributed by atoms with Crippen molar-refractivity contribution in [3.63, 3.8) is 0 Å². The largest absolute Gasteiger partial charge is 0.457 e. The second-order valence-corrected chi connectivity index (χ2v) is 5.50. The smallest absolute Gasteiger partial charge is 0.258 e. The quantitative estimate of drug-likeness (QED) is 0.861. The monoisotopic (exact) mass is 298 g/mol. The highest BCUT2D eigenvalue weighted by Gasteiger charge is 2.37. The number of carbonyl (C=O) groups excluding carboxylic acids is 1. The van der Waals surface area contributed by atoms with Gasteiger partial charge < -0.3 is 14.6 Å². The summed E-state index contributed by atoms with van der Waals surface area (Å²) in [5, 5.41) is 3.50. The molecule has 1 N–H and O–H groups in total. The van der Waals surface area contributed by atoms with Crippen LogP contribution in [0.15, 0.2) is 21.4 Å². The summed E-state index contributed by atoms with van der Waals surface area (Å²) in [6, 6.07) is 2.21. The molecule has 0 aliphatic carbocycles. The molecule has 1 aromatic rings. The Hall–Kier alpha value is -0.810. The molecule has 5 heteroatoms. The van der Waals surface area contributed by atoms with Crippen molar-refractivity contribution < 1.29 is 9.21 Å². The van der Waals surface area contributed by atoms with Gasteiger partial charge in [0, 0.05) is 19.1 Å². The standard InChI is InChI=1S/C12H15BrN2O2/c13-11-9(3-5-17-11)12(16)15-6-8-2-1-4-14-10(8)7-15/h3,5,8,10,14H,1-2,4,6-7H2. The molecule has 92 valence electrons. The Bertz CT molecular complexity index is 418. The number of fused-ring (bicyclic) bond motifs is 1. The predicted molar refractivity (Wildman–Crippen MR) is 66.8 cm³/mol. The number of rotatable bonds is 1. The Balaban J connectivity index is 1.74. The van der Waals surface area contributed by atoms with Crippen molar-refractivity contribution in [1.82, 2.24) is 10.2 Å². The zero-order valence-electron chi connectivity index (χ0n) is 9.49. The maximum absolute atomic E-state index is 12.3. The Labute approximate surface area is 108 Å². The van der Waals surface area contributed by atoms with E-state index in [1.165, 1.54) is 12.8 Å². The van der Waals surface area contributed by atoms with Gasteiger partial charge in [0.1, 0.15) is 0 Å². The van der Waals surface area contributed by atoms with Crippen LogP contribution in [0.5, 0.6) is 0 Å². The van der Waals surface area contributed by atoms with Gasteiger partial charge in [-0.05, 0) is 47.3 Å². The molecule has 2 aliphatic heterocycles. The first-order chi connectivity index (χ1) is 8.25. The van der Waals surface area contributed by atoms with Crippen LogP contribution >= 0.6 is 15.9 Å². The lowest BCUT2D eigenvalue weighted by Crippen LogP contribution is -2.41. The molecule has 0 bridgehead atoms. The number of nitrogens with one attached hydrogen (secondary N) is 1. The summed E-state index contributed by atoms with van der Waals surface area (Å²) < 4.78 is 5.65. The van der Waals surface area contributed by atoms with Gasteiger partial charge in [0.25, 0.3) is 5.91 Å². The van der Waals surface area contributed by atoms with E-state index in [2.05, 4.69) is 21.2 Å². The van der Waals surface area contributed by atoms with E-state index in [0.717, 1.165) is 19.6 Å². The van der Waals surface area contributed by atoms with Gasteiger partial charge in [-0.25, -0.2) is 0 Å². The van der Waals surface area contributed by atoms with Gasteiger partial charge in [0.2, 0.25) is 0 Å². The Kier molecular flexibility index (Phi) is 2.96. The van der Waals surface area contributed by atoms with E-state index >= 15 is 0 Å². The zero-order valence-corrected chi connectivity index (χ0v) is 11.1. The normalized spacial score (nSPS) is 28.2. The number of halogens is 1. The average Bonchev–Trinajstić information content (AvgIpc) is 2.93. The summed E-state index contributed by atoms with van der Waals surface area (Å²) in [7, 11) is 0. The van der Waals surface area contributed by atoms with Crippen LogP contribution in [-0.4, -0.2) is 36.5 Å². The first-order valence-electron chi connectivity index (χ1n) is 6.01. The lowest BCUT2D eigenvalue weighted by molar-refractivity contribution is 0.0783. The fraction of sp³-hybridized carbons (Fsp3) is 0.583. The highest BCUT2D eigenvalue weighted by atomic mass is 79.9. The van der Waals surface area contributed by atoms with Gasteiger partial charge >= 0.3 is 0 Å². The number of carbonyl (C=O) groups is 1. The molecule has 2 aliphatic rings. The third-order valence-corrected chi connectivity index (χ3v) is 4.35. The number of hydrogen-bond acceptors (Lipinski definition) is 3. The van der Waals surface area contributed by atoms with Crippen molar-refractivity contribution in [3.05, 3.63) is 22.6 Å². The molecule has 1 aromatic heterocycles. The molecule has 0 aromatic carbocycles. The van der Waals surface area contributed by atoms with E-state index in [1.807, 2.05) is 4.90 Å². The summed E-state index contributed by atoms with van der Waals surface area (Å²) in [5.74, 6) is 0.695. The van der Waals surface area contributed by atoms with Crippen LogP contribution < -0.4 is 5.32 Å². The van der Waals surface area contributed by atoms with Crippen molar-refractivity contribution >= 4 is 21.8 Å². The molecule has 3 heterocycles. The molecule has 17 heavy (non-hydrogen) atoms. The minimum absolute atomic E-state index is 0.0711. The number of amides is 1. The van der Waals surface area contributed by atoms with E-state index in [1.54, 1.807) is 12.3 Å². The molecule has 0 saturated carbocycles. The van der Waals surface area contributed by atoms with Crippen LogP contribution in [0.1, 0.15) is 23.2 Å². The molecule has 4 nitrogen and oxygen atoms in total. The number of furan rings is 1. The molecular formula is C12H15BrN2O2. The lowest BCUT2D eigenvalue weighted by Gasteiger charge is -2.24. The minimum atomic E-state index is 0.0711. The van der Waals surface area contributed by atoms with Crippen LogP contribution in [0.25, 0.3) is 0 Å². The molecule has 2 atom stereocenters. The van der Waals surface area contributed by atoms with Gasteiger partial charge in [-0.1, -0.05) is 0 Å². The highest BCUT2D eigenvalue weighted by molar-refractivity contribution is 9.10. The van der Waals surface area contributed by atoms with Gasteiger partial charge in [0.05, 0.1) is 11.8 Å². The second kappa shape index (κ2) is 4.46. The molecule has 0 spiro atoms. The first-order valence-corrected chi connectivity index (χ1v) is 6.80. The highest BCUT2D eigenvalue weighted by Crippen LogP contribution is 2.27. The summed E-state index contributed by atoms with van der Waals surface area (Å²) in [4.78, 5) is 14.2. The van der Waals surface area contributed by atoms with Crippen molar-refractivity contribution in [2.45, 2.75) is 18.9 Å². The molecule has 0 radical (unpaired) electrons. The molecule has 2 unspecified atom stereocenters. The van der Waals surface area contributed by atoms with Crippen LogP contribution in [0.4, 0.5) is 0 Å². The number of hydrogen-bond donors (Lipinski definition) is 1. The summed E-state index contributed by atoms with van der Waals surface area (Å²) in [6.07, 6.45) is 3.99. The summed E-state index contributed by atoms with van der Waals surface area (Å²) in [5.41, 5.74) is 0.628. The first kappa shape index (κ1) is 11.3. The van der Waals surface area contributed by atoms with Crippen LogP contribution in [-0.2, 0) is 0 Å². The fourth-order valence-electron chi connectivity index (χ4n) is 2.83. The third kappa shape index (κ3) is 2.02. The van der Waals surface area contributed by atoms with Crippen molar-refractivity contribution in [3.8, 4) is 0 Å². The Morgan fingerprint density at radius 1 is 1.53 bits per heavy atom. The topological polar surface area (TPSA) is 45.5 Å². The molecule has 2 saturated heterocycles. The number of piperidine rings is 1. The average molecular weight is 299 g/mol. The van der Waals surface area contributed by atoms with Gasteiger partial charge in [-0.15, -0.1) is 0 Å². The maximum Gasteiger partial charge on any atom is 0.258 e. The fourth-order valence-corrected chi connectivity index (χ4v) is 3.24. The van der Waals surface area contributed by atoms with Crippen molar-refractivity contribution in [2.75, 3.05) is 19.6 Å². The predicted octanol–water partition coefficient (Wildman–Crippen LogP) is 1.87. The van der Waals surface area contributed by atoms with Crippen molar-refractivity contribution in [1.29, 1.82) is 0 Å². The van der Waals surface area contributed by atoms with Gasteiger partial charge in [0.15, 0.2) is 4.67 Å². The second-order valence-electron chi connectivity index (χ2n) is 4.78. The van der Waals surface area contributed by atoms with Crippen LogP contribution in [0, 0.1) is 5.92 Å². The lowest BCUT2D eigenvalue weighted by atomic mass is 9.94. The van der Waals surface area contributed by atoms with E-state index in [-0.39, 0.29) is 5.91 Å². The Morgan fingerprint density at radius 3 is 3.12 bits per heavy atom. The molecular weight excluding hydrogens is 284 g/mol. The molecule has 3 rings (SSSR count).